The third-order valence-corrected chi connectivity index (χ3v) is 6.96. The number of nitrogens with one attached hydrogen (secondary N) is 1. The van der Waals surface area contributed by atoms with Crippen LogP contribution in [-0.4, -0.2) is 28.4 Å². The number of fused-ring (bicyclic) bond motifs is 2. The summed E-state index contributed by atoms with van der Waals surface area (Å²) in [6.07, 6.45) is 1.50. The van der Waals surface area contributed by atoms with E-state index in [1.54, 1.807) is 36.4 Å². The molecule has 8 nitrogen and oxygen atoms in total. The fourth-order valence-corrected chi connectivity index (χ4v) is 4.78. The van der Waals surface area contributed by atoms with E-state index in [1.165, 1.54) is 10.9 Å². The number of nitrogens with zero attached hydrogens (tertiary/aromatic N) is 3. The van der Waals surface area contributed by atoms with E-state index in [2.05, 4.69) is 26.3 Å². The first kappa shape index (κ1) is 26.2. The number of amides is 1. The van der Waals surface area contributed by atoms with Crippen molar-refractivity contribution in [3.63, 3.8) is 0 Å². The molecule has 2 heterocycles. The van der Waals surface area contributed by atoms with Gasteiger partial charge in [-0.1, -0.05) is 64.5 Å². The first-order valence-electron chi connectivity index (χ1n) is 12.8. The number of aromatic nitrogens is 2. The van der Waals surface area contributed by atoms with E-state index in [4.69, 9.17) is 14.1 Å². The summed E-state index contributed by atoms with van der Waals surface area (Å²) in [6, 6.07) is 29.3. The van der Waals surface area contributed by atoms with Crippen molar-refractivity contribution in [2.45, 2.75) is 6.92 Å². The summed E-state index contributed by atoms with van der Waals surface area (Å²) < 4.78 is 13.9. The zero-order valence-corrected chi connectivity index (χ0v) is 23.5. The summed E-state index contributed by atoms with van der Waals surface area (Å²) in [7, 11) is 0. The molecule has 6 aromatic rings. The van der Waals surface area contributed by atoms with Crippen LogP contribution in [0.3, 0.4) is 0 Å². The molecule has 4 aromatic carbocycles. The second kappa shape index (κ2) is 11.2. The average Bonchev–Trinajstić information content (AvgIpc) is 3.42. The van der Waals surface area contributed by atoms with E-state index in [0.717, 1.165) is 21.1 Å². The van der Waals surface area contributed by atoms with Crippen LogP contribution in [0.15, 0.2) is 116 Å². The minimum atomic E-state index is -0.350. The molecule has 41 heavy (non-hydrogen) atoms. The lowest BCUT2D eigenvalue weighted by molar-refractivity contribution is -0.118. The fourth-order valence-electron chi connectivity index (χ4n) is 4.40. The van der Waals surface area contributed by atoms with Crippen LogP contribution in [0.25, 0.3) is 33.5 Å². The van der Waals surface area contributed by atoms with E-state index >= 15 is 0 Å². The molecule has 1 amide bonds. The van der Waals surface area contributed by atoms with Crippen LogP contribution in [0.1, 0.15) is 11.1 Å². The van der Waals surface area contributed by atoms with E-state index < -0.39 is 0 Å². The number of carbonyl (C=O) groups excluding carboxylic acids is 1. The van der Waals surface area contributed by atoms with Gasteiger partial charge in [0, 0.05) is 21.1 Å². The predicted molar refractivity (Wildman–Crippen MR) is 164 cm³/mol. The molecule has 0 fully saturated rings. The molecular formula is C32H23BrN4O4. The van der Waals surface area contributed by atoms with Crippen molar-refractivity contribution in [2.75, 3.05) is 11.9 Å². The summed E-state index contributed by atoms with van der Waals surface area (Å²) >= 11 is 3.48. The van der Waals surface area contributed by atoms with E-state index in [1.807, 2.05) is 67.6 Å². The van der Waals surface area contributed by atoms with Crippen LogP contribution in [0.4, 0.5) is 5.69 Å². The molecule has 0 atom stereocenters. The maximum absolute atomic E-state index is 13.6. The Kier molecular flexibility index (Phi) is 7.18. The molecule has 0 aliphatic carbocycles. The highest BCUT2D eigenvalue weighted by molar-refractivity contribution is 9.10. The molecule has 0 aliphatic rings. The van der Waals surface area contributed by atoms with Crippen LogP contribution < -0.4 is 15.6 Å². The predicted octanol–water partition coefficient (Wildman–Crippen LogP) is 6.78. The molecule has 0 radical (unpaired) electrons. The first-order chi connectivity index (χ1) is 20.0. The van der Waals surface area contributed by atoms with E-state index in [9.17, 15) is 9.59 Å². The summed E-state index contributed by atoms with van der Waals surface area (Å²) in [4.78, 5) is 30.9. The highest BCUT2D eigenvalue weighted by Crippen LogP contribution is 2.27. The molecule has 0 bridgehead atoms. The molecule has 202 valence electrons. The number of anilines is 1. The lowest BCUT2D eigenvalue weighted by atomic mass is 10.2. The highest BCUT2D eigenvalue weighted by atomic mass is 79.9. The normalized spacial score (nSPS) is 11.4. The molecule has 2 aromatic heterocycles. The largest absolute Gasteiger partial charge is 0.483 e. The van der Waals surface area contributed by atoms with Gasteiger partial charge in [0.1, 0.15) is 11.3 Å². The van der Waals surface area contributed by atoms with Gasteiger partial charge in [-0.2, -0.15) is 9.78 Å². The number of furan rings is 1. The zero-order chi connectivity index (χ0) is 28.3. The Morgan fingerprint density at radius 2 is 1.80 bits per heavy atom. The number of aryl methyl sites for hydroxylation is 1. The highest BCUT2D eigenvalue weighted by Gasteiger charge is 2.17. The Labute approximate surface area is 243 Å². The quantitative estimate of drug-likeness (QED) is 0.202. The minimum absolute atomic E-state index is 0.210. The Morgan fingerprint density at radius 3 is 2.66 bits per heavy atom. The number of hydrogen-bond acceptors (Lipinski definition) is 6. The van der Waals surface area contributed by atoms with E-state index in [0.29, 0.717) is 33.6 Å². The van der Waals surface area contributed by atoms with Crippen molar-refractivity contribution in [3.8, 4) is 17.3 Å². The number of halogens is 1. The second-order valence-corrected chi connectivity index (χ2v) is 10.2. The van der Waals surface area contributed by atoms with Crippen molar-refractivity contribution < 1.29 is 13.9 Å². The first-order valence-corrected chi connectivity index (χ1v) is 13.6. The average molecular weight is 607 g/mol. The Bertz CT molecular complexity index is 1980. The number of ether oxygens (including phenoxy) is 1. The molecule has 1 N–H and O–H groups in total. The van der Waals surface area contributed by atoms with Crippen LogP contribution in [0.2, 0.25) is 0 Å². The van der Waals surface area contributed by atoms with Crippen LogP contribution in [0.5, 0.6) is 5.75 Å². The van der Waals surface area contributed by atoms with Gasteiger partial charge in [-0.05, 0) is 61.0 Å². The maximum atomic E-state index is 13.6. The molecular weight excluding hydrogens is 584 g/mol. The lowest BCUT2D eigenvalue weighted by Gasteiger charge is -2.12. The maximum Gasteiger partial charge on any atom is 0.282 e. The van der Waals surface area contributed by atoms with Gasteiger partial charge in [0.25, 0.3) is 11.5 Å². The second-order valence-electron chi connectivity index (χ2n) is 9.30. The smallest absolute Gasteiger partial charge is 0.282 e. The number of benzene rings is 4. The standard InChI is InChI=1S/C32H23BrN4O4/c1-20-8-2-5-11-25(20)35-30(38)19-40-27-15-14-23(33)16-22(27)18-34-37-31(29-17-21-9-3-7-13-28(21)41-29)36-26-12-6-4-10-24(26)32(37)39/h2-18H,19H2,1H3,(H,35,38). The van der Waals surface area contributed by atoms with Gasteiger partial charge >= 0.3 is 0 Å². The van der Waals surface area contributed by atoms with Crippen molar-refractivity contribution in [1.82, 2.24) is 9.66 Å². The van der Waals surface area contributed by atoms with Crippen LogP contribution in [-0.2, 0) is 4.79 Å². The van der Waals surface area contributed by atoms with Crippen molar-refractivity contribution >= 4 is 55.6 Å². The van der Waals surface area contributed by atoms with E-state index in [-0.39, 0.29) is 23.9 Å². The Morgan fingerprint density at radius 1 is 1.02 bits per heavy atom. The molecule has 6 rings (SSSR count). The molecule has 9 heteroatoms. The van der Waals surface area contributed by atoms with Gasteiger partial charge in [0.2, 0.25) is 5.82 Å². The van der Waals surface area contributed by atoms with Crippen molar-refractivity contribution in [3.05, 3.63) is 123 Å². The molecule has 0 aliphatic heterocycles. The minimum Gasteiger partial charge on any atom is -0.483 e. The number of hydrogen-bond donors (Lipinski definition) is 1. The van der Waals surface area contributed by atoms with Gasteiger partial charge in [0.05, 0.1) is 17.1 Å². The molecule has 0 saturated carbocycles. The lowest BCUT2D eigenvalue weighted by Crippen LogP contribution is -2.21. The van der Waals surface area contributed by atoms with Gasteiger partial charge in [-0.3, -0.25) is 9.59 Å². The number of para-hydroxylation sites is 3. The molecule has 0 spiro atoms. The summed E-state index contributed by atoms with van der Waals surface area (Å²) in [5, 5.41) is 8.70. The monoisotopic (exact) mass is 606 g/mol. The Hall–Kier alpha value is -5.02. The zero-order valence-electron chi connectivity index (χ0n) is 21.9. The van der Waals surface area contributed by atoms with Crippen molar-refractivity contribution in [2.24, 2.45) is 5.10 Å². The molecule has 0 saturated heterocycles. The Balaban J connectivity index is 1.35. The third kappa shape index (κ3) is 5.53. The summed E-state index contributed by atoms with van der Waals surface area (Å²) in [5.74, 6) is 0.789. The summed E-state index contributed by atoms with van der Waals surface area (Å²) in [5.41, 5.74) is 3.08. The van der Waals surface area contributed by atoms with Crippen molar-refractivity contribution in [1.29, 1.82) is 0 Å². The number of rotatable bonds is 7. The van der Waals surface area contributed by atoms with Gasteiger partial charge in [-0.15, -0.1) is 0 Å². The van der Waals surface area contributed by atoms with Gasteiger partial charge < -0.3 is 14.5 Å². The van der Waals surface area contributed by atoms with Gasteiger partial charge in [-0.25, -0.2) is 4.98 Å². The van der Waals surface area contributed by atoms with Crippen LogP contribution >= 0.6 is 15.9 Å². The van der Waals surface area contributed by atoms with Gasteiger partial charge in [0.15, 0.2) is 12.4 Å². The fraction of sp³-hybridized carbons (Fsp3) is 0.0625. The molecule has 0 unspecified atom stereocenters. The summed E-state index contributed by atoms with van der Waals surface area (Å²) in [6.45, 7) is 1.71. The van der Waals surface area contributed by atoms with Crippen LogP contribution in [0, 0.1) is 6.92 Å². The SMILES string of the molecule is Cc1ccccc1NC(=O)COc1ccc(Br)cc1C=Nn1c(-c2cc3ccccc3o2)nc2ccccc2c1=O. The topological polar surface area (TPSA) is 98.7 Å². The third-order valence-electron chi connectivity index (χ3n) is 6.46. The number of carbonyl (C=O) groups is 1.